The van der Waals surface area contributed by atoms with Crippen molar-refractivity contribution >= 4 is 52.1 Å². The summed E-state index contributed by atoms with van der Waals surface area (Å²) in [5.74, 6) is -0.212. The minimum Gasteiger partial charge on any atom is -0.374 e. The summed E-state index contributed by atoms with van der Waals surface area (Å²) >= 11 is 18.0. The largest absolute Gasteiger partial charge is 0.374 e. The van der Waals surface area contributed by atoms with Gasteiger partial charge < -0.3 is 10.6 Å². The molecule has 0 unspecified atom stereocenters. The van der Waals surface area contributed by atoms with Crippen molar-refractivity contribution in [3.8, 4) is 0 Å². The van der Waals surface area contributed by atoms with Gasteiger partial charge in [0, 0.05) is 10.7 Å². The number of amides is 1. The van der Waals surface area contributed by atoms with E-state index in [0.717, 1.165) is 5.56 Å². The quantitative estimate of drug-likeness (QED) is 0.819. The van der Waals surface area contributed by atoms with Gasteiger partial charge in [-0.1, -0.05) is 46.9 Å². The standard InChI is InChI=1S/C15H13Cl3N2O/c1-9-5-6-10(16)7-13(9)20-14(21)8-19-15-11(17)3-2-4-12(15)18/h2-7,19H,8H2,1H3,(H,20,21). The van der Waals surface area contributed by atoms with E-state index in [4.69, 9.17) is 34.8 Å². The normalized spacial score (nSPS) is 10.3. The third-order valence-electron chi connectivity index (χ3n) is 2.86. The molecule has 2 N–H and O–H groups in total. The van der Waals surface area contributed by atoms with Crippen molar-refractivity contribution in [3.05, 3.63) is 57.0 Å². The zero-order valence-corrected chi connectivity index (χ0v) is 13.5. The average Bonchev–Trinajstić information content (AvgIpc) is 2.42. The van der Waals surface area contributed by atoms with Crippen LogP contribution < -0.4 is 10.6 Å². The number of benzene rings is 2. The van der Waals surface area contributed by atoms with Crippen LogP contribution in [0.25, 0.3) is 0 Å². The number of nitrogens with one attached hydrogen (secondary N) is 2. The number of hydrogen-bond acceptors (Lipinski definition) is 2. The second kappa shape index (κ2) is 7.03. The summed E-state index contributed by atoms with van der Waals surface area (Å²) in [5.41, 5.74) is 2.15. The molecule has 0 aliphatic heterocycles. The first kappa shape index (κ1) is 16.0. The summed E-state index contributed by atoms with van der Waals surface area (Å²) in [6, 6.07) is 10.5. The molecule has 0 atom stereocenters. The van der Waals surface area contributed by atoms with Gasteiger partial charge in [0.05, 0.1) is 22.3 Å². The van der Waals surface area contributed by atoms with Gasteiger partial charge in [-0.25, -0.2) is 0 Å². The average molecular weight is 344 g/mol. The number of halogens is 3. The highest BCUT2D eigenvalue weighted by Gasteiger charge is 2.09. The minimum atomic E-state index is -0.212. The van der Waals surface area contributed by atoms with Crippen LogP contribution in [0.5, 0.6) is 0 Å². The number of aryl methyl sites for hydroxylation is 1. The lowest BCUT2D eigenvalue weighted by Crippen LogP contribution is -2.22. The van der Waals surface area contributed by atoms with Gasteiger partial charge in [-0.15, -0.1) is 0 Å². The van der Waals surface area contributed by atoms with Crippen LogP contribution >= 0.6 is 34.8 Å². The molecule has 0 aliphatic carbocycles. The molecule has 2 rings (SSSR count). The summed E-state index contributed by atoms with van der Waals surface area (Å²) in [4.78, 5) is 12.0. The van der Waals surface area contributed by atoms with E-state index in [1.807, 2.05) is 13.0 Å². The van der Waals surface area contributed by atoms with Crippen LogP contribution in [0.4, 0.5) is 11.4 Å². The predicted octanol–water partition coefficient (Wildman–Crippen LogP) is 5.01. The Kier molecular flexibility index (Phi) is 5.34. The van der Waals surface area contributed by atoms with E-state index >= 15 is 0 Å². The van der Waals surface area contributed by atoms with Gasteiger partial charge in [-0.3, -0.25) is 4.79 Å². The highest BCUT2D eigenvalue weighted by molar-refractivity contribution is 6.39. The van der Waals surface area contributed by atoms with Crippen LogP contribution in [0.1, 0.15) is 5.56 Å². The molecule has 0 fully saturated rings. The van der Waals surface area contributed by atoms with E-state index in [1.54, 1.807) is 30.3 Å². The molecule has 0 saturated heterocycles. The van der Waals surface area contributed by atoms with Crippen molar-refractivity contribution in [1.82, 2.24) is 0 Å². The van der Waals surface area contributed by atoms with Crippen LogP contribution in [0, 0.1) is 6.92 Å². The highest BCUT2D eigenvalue weighted by Crippen LogP contribution is 2.29. The molecule has 0 radical (unpaired) electrons. The van der Waals surface area contributed by atoms with Gasteiger partial charge in [-0.05, 0) is 36.8 Å². The van der Waals surface area contributed by atoms with Crippen LogP contribution in [0.3, 0.4) is 0 Å². The molecule has 2 aromatic carbocycles. The molecule has 21 heavy (non-hydrogen) atoms. The highest BCUT2D eigenvalue weighted by atomic mass is 35.5. The minimum absolute atomic E-state index is 0.0510. The van der Waals surface area contributed by atoms with Crippen molar-refractivity contribution < 1.29 is 4.79 Å². The van der Waals surface area contributed by atoms with Crippen LogP contribution in [0.2, 0.25) is 15.1 Å². The molecule has 0 aromatic heterocycles. The first-order valence-electron chi connectivity index (χ1n) is 6.21. The Hall–Kier alpha value is -1.42. The summed E-state index contributed by atoms with van der Waals surface area (Å²) < 4.78 is 0. The first-order chi connectivity index (χ1) is 9.97. The number of para-hydroxylation sites is 1. The molecule has 110 valence electrons. The molecular formula is C15H13Cl3N2O. The van der Waals surface area contributed by atoms with Gasteiger partial charge in [0.1, 0.15) is 0 Å². The maximum Gasteiger partial charge on any atom is 0.243 e. The number of carbonyl (C=O) groups excluding carboxylic acids is 1. The van der Waals surface area contributed by atoms with Crippen molar-refractivity contribution in [3.63, 3.8) is 0 Å². The van der Waals surface area contributed by atoms with Crippen molar-refractivity contribution in [1.29, 1.82) is 0 Å². The van der Waals surface area contributed by atoms with Crippen LogP contribution in [-0.2, 0) is 4.79 Å². The Morgan fingerprint density at radius 3 is 2.43 bits per heavy atom. The van der Waals surface area contributed by atoms with E-state index in [2.05, 4.69) is 10.6 Å². The van der Waals surface area contributed by atoms with Crippen molar-refractivity contribution in [2.75, 3.05) is 17.2 Å². The van der Waals surface area contributed by atoms with Gasteiger partial charge in [0.2, 0.25) is 5.91 Å². The zero-order chi connectivity index (χ0) is 15.4. The molecule has 1 amide bonds. The smallest absolute Gasteiger partial charge is 0.243 e. The van der Waals surface area contributed by atoms with Gasteiger partial charge in [0.25, 0.3) is 0 Å². The first-order valence-corrected chi connectivity index (χ1v) is 7.34. The van der Waals surface area contributed by atoms with Crippen LogP contribution in [-0.4, -0.2) is 12.5 Å². The maximum absolute atomic E-state index is 12.0. The summed E-state index contributed by atoms with van der Waals surface area (Å²) in [6.45, 7) is 1.94. The molecule has 2 aromatic rings. The van der Waals surface area contributed by atoms with Crippen molar-refractivity contribution in [2.45, 2.75) is 6.92 Å². The Balaban J connectivity index is 2.01. The Bertz CT molecular complexity index is 654. The number of anilines is 2. The van der Waals surface area contributed by atoms with Crippen molar-refractivity contribution in [2.24, 2.45) is 0 Å². The second-order valence-electron chi connectivity index (χ2n) is 4.46. The monoisotopic (exact) mass is 342 g/mol. The summed E-state index contributed by atoms with van der Waals surface area (Å²) in [5, 5.41) is 7.22. The Labute approximate surface area is 138 Å². The lowest BCUT2D eigenvalue weighted by atomic mass is 10.2. The third kappa shape index (κ3) is 4.27. The van der Waals surface area contributed by atoms with Crippen LogP contribution in [0.15, 0.2) is 36.4 Å². The molecule has 0 aliphatic rings. The third-order valence-corrected chi connectivity index (χ3v) is 3.73. The fourth-order valence-corrected chi connectivity index (χ4v) is 2.46. The number of rotatable bonds is 4. The van der Waals surface area contributed by atoms with Gasteiger partial charge in [-0.2, -0.15) is 0 Å². The molecule has 0 bridgehead atoms. The van der Waals surface area contributed by atoms with E-state index in [0.29, 0.717) is 26.4 Å². The SMILES string of the molecule is Cc1ccc(Cl)cc1NC(=O)CNc1c(Cl)cccc1Cl. The fourth-order valence-electron chi connectivity index (χ4n) is 1.76. The Morgan fingerprint density at radius 2 is 1.76 bits per heavy atom. The van der Waals surface area contributed by atoms with Gasteiger partial charge >= 0.3 is 0 Å². The fraction of sp³-hybridized carbons (Fsp3) is 0.133. The molecule has 6 heteroatoms. The molecular weight excluding hydrogens is 331 g/mol. The summed E-state index contributed by atoms with van der Waals surface area (Å²) in [7, 11) is 0. The van der Waals surface area contributed by atoms with E-state index in [1.165, 1.54) is 0 Å². The zero-order valence-electron chi connectivity index (χ0n) is 11.2. The lowest BCUT2D eigenvalue weighted by molar-refractivity contribution is -0.114. The number of carbonyl (C=O) groups is 1. The molecule has 0 spiro atoms. The lowest BCUT2D eigenvalue weighted by Gasteiger charge is -2.12. The molecule has 0 saturated carbocycles. The van der Waals surface area contributed by atoms with E-state index in [9.17, 15) is 4.79 Å². The Morgan fingerprint density at radius 1 is 1.10 bits per heavy atom. The second-order valence-corrected chi connectivity index (χ2v) is 5.71. The molecule has 3 nitrogen and oxygen atoms in total. The predicted molar refractivity (Wildman–Crippen MR) is 89.8 cm³/mol. The van der Waals surface area contributed by atoms with E-state index in [-0.39, 0.29) is 12.5 Å². The van der Waals surface area contributed by atoms with E-state index < -0.39 is 0 Å². The summed E-state index contributed by atoms with van der Waals surface area (Å²) in [6.07, 6.45) is 0. The number of hydrogen-bond donors (Lipinski definition) is 2. The maximum atomic E-state index is 12.0. The molecule has 0 heterocycles. The van der Waals surface area contributed by atoms with Gasteiger partial charge in [0.15, 0.2) is 0 Å². The topological polar surface area (TPSA) is 41.1 Å².